The Bertz CT molecular complexity index is 931. The van der Waals surface area contributed by atoms with Crippen molar-refractivity contribution in [3.63, 3.8) is 0 Å². The van der Waals surface area contributed by atoms with E-state index in [1.165, 1.54) is 0 Å². The number of rotatable bonds is 8. The quantitative estimate of drug-likeness (QED) is 0.421. The van der Waals surface area contributed by atoms with E-state index < -0.39 is 0 Å². The molecule has 0 aromatic heterocycles. The van der Waals surface area contributed by atoms with Gasteiger partial charge in [0.1, 0.15) is 0 Å². The first-order chi connectivity index (χ1) is 14.2. The smallest absolute Gasteiger partial charge is 0.271 e. The molecule has 0 saturated heterocycles. The summed E-state index contributed by atoms with van der Waals surface area (Å²) >= 11 is 0. The van der Waals surface area contributed by atoms with Crippen LogP contribution in [0, 0.1) is 0 Å². The SMILES string of the molecule is CCN(CC)c1ccc(C(=O)N/N=C\c2ccc(Nc3ccccc3)cc2)cc1. The molecule has 29 heavy (non-hydrogen) atoms. The van der Waals surface area contributed by atoms with Gasteiger partial charge >= 0.3 is 0 Å². The van der Waals surface area contributed by atoms with Gasteiger partial charge in [0.05, 0.1) is 6.21 Å². The molecule has 0 unspecified atom stereocenters. The number of nitrogens with one attached hydrogen (secondary N) is 2. The number of hydrogen-bond acceptors (Lipinski definition) is 4. The number of hydrazone groups is 1. The summed E-state index contributed by atoms with van der Waals surface area (Å²) in [6.45, 7) is 6.10. The molecule has 0 atom stereocenters. The van der Waals surface area contributed by atoms with E-state index in [2.05, 4.69) is 34.6 Å². The predicted octanol–water partition coefficient (Wildman–Crippen LogP) is 5.04. The summed E-state index contributed by atoms with van der Waals surface area (Å²) in [7, 11) is 0. The number of benzene rings is 3. The first kappa shape index (κ1) is 20.1. The molecule has 2 N–H and O–H groups in total. The van der Waals surface area contributed by atoms with Gasteiger partial charge in [-0.3, -0.25) is 4.79 Å². The van der Waals surface area contributed by atoms with Crippen LogP contribution in [0.15, 0.2) is 84.0 Å². The molecule has 1 amide bonds. The van der Waals surface area contributed by atoms with Crippen LogP contribution in [0.4, 0.5) is 17.1 Å². The Balaban J connectivity index is 1.54. The van der Waals surface area contributed by atoms with E-state index in [0.29, 0.717) is 5.56 Å². The molecule has 0 bridgehead atoms. The second-order valence-corrected chi connectivity index (χ2v) is 6.53. The monoisotopic (exact) mass is 386 g/mol. The first-order valence-corrected chi connectivity index (χ1v) is 9.80. The van der Waals surface area contributed by atoms with Crippen molar-refractivity contribution < 1.29 is 4.79 Å². The molecule has 3 rings (SSSR count). The van der Waals surface area contributed by atoms with Gasteiger partial charge in [0, 0.05) is 35.7 Å². The van der Waals surface area contributed by atoms with Crippen molar-refractivity contribution in [2.45, 2.75) is 13.8 Å². The highest BCUT2D eigenvalue weighted by molar-refractivity contribution is 5.95. The molecule has 148 valence electrons. The van der Waals surface area contributed by atoms with Crippen molar-refractivity contribution in [3.8, 4) is 0 Å². The van der Waals surface area contributed by atoms with E-state index in [0.717, 1.165) is 35.7 Å². The van der Waals surface area contributed by atoms with Gasteiger partial charge in [-0.15, -0.1) is 0 Å². The molecule has 3 aromatic carbocycles. The molecular formula is C24H26N4O. The lowest BCUT2D eigenvalue weighted by molar-refractivity contribution is 0.0955. The van der Waals surface area contributed by atoms with E-state index in [4.69, 9.17) is 0 Å². The van der Waals surface area contributed by atoms with Crippen LogP contribution in [-0.4, -0.2) is 25.2 Å². The molecule has 0 saturated carbocycles. The number of carbonyl (C=O) groups excluding carboxylic acids is 1. The molecule has 0 heterocycles. The van der Waals surface area contributed by atoms with Crippen molar-refractivity contribution in [1.29, 1.82) is 0 Å². The number of nitrogens with zero attached hydrogens (tertiary/aromatic N) is 2. The second kappa shape index (κ2) is 10.1. The Morgan fingerprint density at radius 3 is 2.10 bits per heavy atom. The molecule has 0 spiro atoms. The minimum absolute atomic E-state index is 0.227. The Morgan fingerprint density at radius 1 is 0.862 bits per heavy atom. The van der Waals surface area contributed by atoms with Gasteiger partial charge in [-0.05, 0) is 67.9 Å². The summed E-state index contributed by atoms with van der Waals surface area (Å²) in [5, 5.41) is 7.40. The Morgan fingerprint density at radius 2 is 1.48 bits per heavy atom. The maximum Gasteiger partial charge on any atom is 0.271 e. The van der Waals surface area contributed by atoms with Crippen LogP contribution in [0.2, 0.25) is 0 Å². The Labute approximate surface area is 172 Å². The van der Waals surface area contributed by atoms with Gasteiger partial charge in [0.2, 0.25) is 0 Å². The van der Waals surface area contributed by atoms with E-state index in [-0.39, 0.29) is 5.91 Å². The summed E-state index contributed by atoms with van der Waals surface area (Å²) < 4.78 is 0. The van der Waals surface area contributed by atoms with Gasteiger partial charge in [-0.1, -0.05) is 30.3 Å². The molecule has 3 aromatic rings. The highest BCUT2D eigenvalue weighted by Crippen LogP contribution is 2.16. The lowest BCUT2D eigenvalue weighted by Gasteiger charge is -2.20. The molecule has 0 aliphatic rings. The number of anilines is 3. The van der Waals surface area contributed by atoms with Crippen LogP contribution in [0.3, 0.4) is 0 Å². The molecule has 5 heteroatoms. The summed E-state index contributed by atoms with van der Waals surface area (Å²) in [4.78, 5) is 14.5. The topological polar surface area (TPSA) is 56.7 Å². The maximum absolute atomic E-state index is 12.3. The van der Waals surface area contributed by atoms with Crippen molar-refractivity contribution >= 4 is 29.2 Å². The normalized spacial score (nSPS) is 10.7. The molecule has 0 aliphatic heterocycles. The largest absolute Gasteiger partial charge is 0.372 e. The van der Waals surface area contributed by atoms with E-state index in [9.17, 15) is 4.79 Å². The average Bonchev–Trinajstić information content (AvgIpc) is 2.77. The molecule has 5 nitrogen and oxygen atoms in total. The molecule has 0 radical (unpaired) electrons. The van der Waals surface area contributed by atoms with E-state index in [1.54, 1.807) is 6.21 Å². The first-order valence-electron chi connectivity index (χ1n) is 9.80. The number of para-hydroxylation sites is 1. The van der Waals surface area contributed by atoms with Gasteiger partial charge in [-0.25, -0.2) is 5.43 Å². The lowest BCUT2D eigenvalue weighted by Crippen LogP contribution is -2.22. The standard InChI is InChI=1S/C24H26N4O/c1-3-28(4-2)23-16-12-20(13-17-23)24(29)27-25-18-19-10-14-22(15-11-19)26-21-8-6-5-7-9-21/h5-18,26H,3-4H2,1-2H3,(H,27,29)/b25-18-. The maximum atomic E-state index is 12.3. The van der Waals surface area contributed by atoms with Crippen molar-refractivity contribution in [2.24, 2.45) is 5.10 Å². The molecule has 0 fully saturated rings. The fourth-order valence-electron chi connectivity index (χ4n) is 2.98. The fourth-order valence-corrected chi connectivity index (χ4v) is 2.98. The highest BCUT2D eigenvalue weighted by atomic mass is 16.2. The predicted molar refractivity (Wildman–Crippen MR) is 121 cm³/mol. The van der Waals surface area contributed by atoms with Gasteiger partial charge in [0.15, 0.2) is 0 Å². The van der Waals surface area contributed by atoms with Crippen LogP contribution in [-0.2, 0) is 0 Å². The van der Waals surface area contributed by atoms with Crippen LogP contribution in [0.1, 0.15) is 29.8 Å². The third kappa shape index (κ3) is 5.69. The minimum atomic E-state index is -0.227. The second-order valence-electron chi connectivity index (χ2n) is 6.53. The van der Waals surface area contributed by atoms with Gasteiger partial charge < -0.3 is 10.2 Å². The Kier molecular flexibility index (Phi) is 7.00. The summed E-state index contributed by atoms with van der Waals surface area (Å²) in [5.74, 6) is -0.227. The zero-order chi connectivity index (χ0) is 20.5. The average molecular weight is 386 g/mol. The third-order valence-corrected chi connectivity index (χ3v) is 4.61. The summed E-state index contributed by atoms with van der Waals surface area (Å²) in [6, 6.07) is 25.4. The van der Waals surface area contributed by atoms with Crippen molar-refractivity contribution in [2.75, 3.05) is 23.3 Å². The fraction of sp³-hybridized carbons (Fsp3) is 0.167. The zero-order valence-electron chi connectivity index (χ0n) is 16.8. The molecular weight excluding hydrogens is 360 g/mol. The van der Waals surface area contributed by atoms with Crippen molar-refractivity contribution in [1.82, 2.24) is 5.43 Å². The number of carbonyl (C=O) groups is 1. The lowest BCUT2D eigenvalue weighted by atomic mass is 10.2. The van der Waals surface area contributed by atoms with Crippen LogP contribution in [0.5, 0.6) is 0 Å². The van der Waals surface area contributed by atoms with E-state index in [1.807, 2.05) is 78.9 Å². The molecule has 0 aliphatic carbocycles. The zero-order valence-corrected chi connectivity index (χ0v) is 16.8. The third-order valence-electron chi connectivity index (χ3n) is 4.61. The highest BCUT2D eigenvalue weighted by Gasteiger charge is 2.06. The summed E-state index contributed by atoms with van der Waals surface area (Å²) in [5.41, 5.74) is 7.20. The van der Waals surface area contributed by atoms with Crippen molar-refractivity contribution in [3.05, 3.63) is 90.0 Å². The number of hydrogen-bond donors (Lipinski definition) is 2. The minimum Gasteiger partial charge on any atom is -0.372 e. The Hall–Kier alpha value is -3.60. The van der Waals surface area contributed by atoms with Crippen LogP contribution >= 0.6 is 0 Å². The number of amides is 1. The van der Waals surface area contributed by atoms with Crippen LogP contribution in [0.25, 0.3) is 0 Å². The van der Waals surface area contributed by atoms with E-state index >= 15 is 0 Å². The van der Waals surface area contributed by atoms with Gasteiger partial charge in [0.25, 0.3) is 5.91 Å². The van der Waals surface area contributed by atoms with Gasteiger partial charge in [-0.2, -0.15) is 5.10 Å². The summed E-state index contributed by atoms with van der Waals surface area (Å²) in [6.07, 6.45) is 1.63. The van der Waals surface area contributed by atoms with Crippen LogP contribution < -0.4 is 15.6 Å².